The summed E-state index contributed by atoms with van der Waals surface area (Å²) in [5.41, 5.74) is 0.844. The van der Waals surface area contributed by atoms with E-state index in [2.05, 4.69) is 0 Å². The summed E-state index contributed by atoms with van der Waals surface area (Å²) < 4.78 is 25.1. The molecule has 2 fully saturated rings. The number of cyclic esters (lactones) is 1. The van der Waals surface area contributed by atoms with Crippen LogP contribution < -0.4 is 9.80 Å². The molecule has 2 saturated heterocycles. The maximum Gasteiger partial charge on any atom is 0.414 e. The summed E-state index contributed by atoms with van der Waals surface area (Å²) in [6.07, 6.45) is -1.11. The van der Waals surface area contributed by atoms with Gasteiger partial charge in [0.05, 0.1) is 37.7 Å². The van der Waals surface area contributed by atoms with Crippen LogP contribution in [0.3, 0.4) is 0 Å². The number of hydrogen-bond acceptors (Lipinski definition) is 6. The van der Waals surface area contributed by atoms with Gasteiger partial charge in [-0.1, -0.05) is 13.8 Å². The van der Waals surface area contributed by atoms with Crippen molar-refractivity contribution in [2.45, 2.75) is 26.4 Å². The van der Waals surface area contributed by atoms with E-state index in [1.54, 1.807) is 12.1 Å². The molecule has 154 valence electrons. The number of morpholine rings is 1. The first-order valence-corrected chi connectivity index (χ1v) is 9.44. The van der Waals surface area contributed by atoms with Crippen molar-refractivity contribution in [3.63, 3.8) is 0 Å². The molecule has 1 aromatic rings. The maximum atomic E-state index is 14.6. The molecule has 2 aliphatic rings. The lowest BCUT2D eigenvalue weighted by atomic mass is 10.1. The Kier molecular flexibility index (Phi) is 6.35. The molecule has 0 aliphatic carbocycles. The lowest BCUT2D eigenvalue weighted by Gasteiger charge is -2.29. The number of carbonyl (C=O) groups is 2. The van der Waals surface area contributed by atoms with Gasteiger partial charge in [-0.3, -0.25) is 14.9 Å². The highest BCUT2D eigenvalue weighted by atomic mass is 19.1. The third kappa shape index (κ3) is 4.71. The Morgan fingerprint density at radius 3 is 2.71 bits per heavy atom. The molecule has 1 aromatic carbocycles. The minimum Gasteiger partial charge on any atom is -0.442 e. The third-order valence-electron chi connectivity index (χ3n) is 4.72. The largest absolute Gasteiger partial charge is 0.442 e. The second-order valence-electron chi connectivity index (χ2n) is 7.43. The minimum absolute atomic E-state index is 0.109. The van der Waals surface area contributed by atoms with E-state index in [0.29, 0.717) is 42.7 Å². The number of anilines is 2. The van der Waals surface area contributed by atoms with Crippen LogP contribution in [-0.2, 0) is 14.3 Å². The molecule has 2 amide bonds. The SMILES string of the molecule is CC(C)CC(=O)N(O)CC1CN(c2ccc(N3CCOCC3)c(F)c2)C(=O)O1. The zero-order chi connectivity index (χ0) is 20.3. The number of hydroxylamine groups is 2. The Labute approximate surface area is 163 Å². The number of nitrogens with zero attached hydrogens (tertiary/aromatic N) is 3. The van der Waals surface area contributed by atoms with Gasteiger partial charge in [0.1, 0.15) is 11.9 Å². The summed E-state index contributed by atoms with van der Waals surface area (Å²) >= 11 is 0. The van der Waals surface area contributed by atoms with Gasteiger partial charge in [-0.2, -0.15) is 0 Å². The van der Waals surface area contributed by atoms with E-state index < -0.39 is 23.9 Å². The summed E-state index contributed by atoms with van der Waals surface area (Å²) in [5.74, 6) is -0.741. The van der Waals surface area contributed by atoms with Gasteiger partial charge in [0.25, 0.3) is 0 Å². The topological polar surface area (TPSA) is 82.6 Å². The van der Waals surface area contributed by atoms with E-state index >= 15 is 0 Å². The molecule has 9 heteroatoms. The number of benzene rings is 1. The Bertz CT molecular complexity index is 724. The van der Waals surface area contributed by atoms with Crippen LogP contribution in [0.5, 0.6) is 0 Å². The van der Waals surface area contributed by atoms with Crippen molar-refractivity contribution >= 4 is 23.4 Å². The van der Waals surface area contributed by atoms with Crippen LogP contribution in [0, 0.1) is 11.7 Å². The van der Waals surface area contributed by atoms with Gasteiger partial charge in [-0.25, -0.2) is 14.2 Å². The predicted molar refractivity (Wildman–Crippen MR) is 100 cm³/mol. The molecule has 0 saturated carbocycles. The summed E-state index contributed by atoms with van der Waals surface area (Å²) in [5, 5.41) is 10.5. The molecule has 0 bridgehead atoms. The second kappa shape index (κ2) is 8.74. The molecule has 2 aliphatic heterocycles. The molecule has 0 aromatic heterocycles. The van der Waals surface area contributed by atoms with Crippen LogP contribution >= 0.6 is 0 Å². The molecular formula is C19H26FN3O5. The summed E-state index contributed by atoms with van der Waals surface area (Å²) in [7, 11) is 0. The molecule has 28 heavy (non-hydrogen) atoms. The fourth-order valence-electron chi connectivity index (χ4n) is 3.30. The zero-order valence-corrected chi connectivity index (χ0v) is 16.1. The van der Waals surface area contributed by atoms with Crippen LogP contribution in [0.25, 0.3) is 0 Å². The van der Waals surface area contributed by atoms with Crippen molar-refractivity contribution in [3.05, 3.63) is 24.0 Å². The normalized spacial score (nSPS) is 19.9. The fraction of sp³-hybridized carbons (Fsp3) is 0.579. The van der Waals surface area contributed by atoms with Crippen LogP contribution in [-0.4, -0.2) is 67.8 Å². The molecule has 1 N–H and O–H groups in total. The van der Waals surface area contributed by atoms with Crippen molar-refractivity contribution < 1.29 is 28.7 Å². The highest BCUT2D eigenvalue weighted by Gasteiger charge is 2.34. The first kappa shape index (κ1) is 20.3. The smallest absolute Gasteiger partial charge is 0.414 e. The maximum absolute atomic E-state index is 14.6. The second-order valence-corrected chi connectivity index (χ2v) is 7.43. The summed E-state index contributed by atoms with van der Waals surface area (Å²) in [4.78, 5) is 27.3. The van der Waals surface area contributed by atoms with Crippen LogP contribution in [0.4, 0.5) is 20.6 Å². The molecule has 1 atom stereocenters. The summed E-state index contributed by atoms with van der Waals surface area (Å²) in [6, 6.07) is 4.61. The number of ether oxygens (including phenoxy) is 2. The number of carbonyl (C=O) groups excluding carboxylic acids is 2. The number of hydrogen-bond donors (Lipinski definition) is 1. The molecule has 2 heterocycles. The Morgan fingerprint density at radius 2 is 2.07 bits per heavy atom. The first-order chi connectivity index (χ1) is 13.3. The third-order valence-corrected chi connectivity index (χ3v) is 4.72. The van der Waals surface area contributed by atoms with Crippen molar-refractivity contribution in [2.75, 3.05) is 49.2 Å². The lowest BCUT2D eigenvalue weighted by Crippen LogP contribution is -2.37. The standard InChI is InChI=1S/C19H26FN3O5/c1-13(2)9-18(24)23(26)12-15-11-22(19(25)28-15)14-3-4-17(16(20)10-14)21-5-7-27-8-6-21/h3-4,10,13,15,26H,5-9,11-12H2,1-2H3. The highest BCUT2D eigenvalue weighted by molar-refractivity contribution is 5.90. The summed E-state index contributed by atoms with van der Waals surface area (Å²) in [6.45, 7) is 6.07. The molecular weight excluding hydrogens is 369 g/mol. The molecule has 1 unspecified atom stereocenters. The van der Waals surface area contributed by atoms with Gasteiger partial charge < -0.3 is 14.4 Å². The van der Waals surface area contributed by atoms with E-state index in [-0.39, 0.29) is 25.4 Å². The lowest BCUT2D eigenvalue weighted by molar-refractivity contribution is -0.170. The van der Waals surface area contributed by atoms with Gasteiger partial charge in [-0.15, -0.1) is 0 Å². The Morgan fingerprint density at radius 1 is 1.36 bits per heavy atom. The number of rotatable bonds is 6. The molecule has 8 nitrogen and oxygen atoms in total. The minimum atomic E-state index is -0.685. The van der Waals surface area contributed by atoms with Gasteiger partial charge in [0, 0.05) is 19.5 Å². The molecule has 3 rings (SSSR count). The monoisotopic (exact) mass is 395 g/mol. The van der Waals surface area contributed by atoms with Crippen molar-refractivity contribution in [1.82, 2.24) is 5.06 Å². The first-order valence-electron chi connectivity index (χ1n) is 9.44. The van der Waals surface area contributed by atoms with Crippen molar-refractivity contribution in [2.24, 2.45) is 5.92 Å². The van der Waals surface area contributed by atoms with Crippen molar-refractivity contribution in [1.29, 1.82) is 0 Å². The predicted octanol–water partition coefficient (Wildman–Crippen LogP) is 2.25. The molecule has 0 spiro atoms. The van der Waals surface area contributed by atoms with E-state index in [4.69, 9.17) is 9.47 Å². The van der Waals surface area contributed by atoms with E-state index in [1.165, 1.54) is 11.0 Å². The number of halogens is 1. The fourth-order valence-corrected chi connectivity index (χ4v) is 3.30. The van der Waals surface area contributed by atoms with Gasteiger partial charge in [0.2, 0.25) is 5.91 Å². The number of amides is 2. The average Bonchev–Trinajstić information content (AvgIpc) is 3.02. The Hall–Kier alpha value is -2.39. The van der Waals surface area contributed by atoms with Crippen molar-refractivity contribution in [3.8, 4) is 0 Å². The van der Waals surface area contributed by atoms with Gasteiger partial charge in [0.15, 0.2) is 0 Å². The van der Waals surface area contributed by atoms with Gasteiger partial charge >= 0.3 is 6.09 Å². The van der Waals surface area contributed by atoms with Crippen LogP contribution in [0.15, 0.2) is 18.2 Å². The zero-order valence-electron chi connectivity index (χ0n) is 16.1. The van der Waals surface area contributed by atoms with Crippen LogP contribution in [0.1, 0.15) is 20.3 Å². The van der Waals surface area contributed by atoms with E-state index in [0.717, 1.165) is 0 Å². The molecule has 0 radical (unpaired) electrons. The Balaban J connectivity index is 1.63. The highest BCUT2D eigenvalue weighted by Crippen LogP contribution is 2.28. The quantitative estimate of drug-likeness (QED) is 0.588. The van der Waals surface area contributed by atoms with Crippen LogP contribution in [0.2, 0.25) is 0 Å². The van der Waals surface area contributed by atoms with E-state index in [1.807, 2.05) is 18.7 Å². The van der Waals surface area contributed by atoms with Gasteiger partial charge in [-0.05, 0) is 24.1 Å². The van der Waals surface area contributed by atoms with E-state index in [9.17, 15) is 19.2 Å². The average molecular weight is 395 g/mol.